The van der Waals surface area contributed by atoms with Crippen molar-refractivity contribution in [1.29, 1.82) is 0 Å². The van der Waals surface area contributed by atoms with Gasteiger partial charge in [-0.15, -0.1) is 0 Å². The van der Waals surface area contributed by atoms with Crippen molar-refractivity contribution in [2.24, 2.45) is 5.16 Å². The third-order valence-electron chi connectivity index (χ3n) is 13.8. The molecule has 4 aliphatic heterocycles. The van der Waals surface area contributed by atoms with Gasteiger partial charge >= 0.3 is 0 Å². The Hall–Kier alpha value is -7.84. The van der Waals surface area contributed by atoms with E-state index in [4.69, 9.17) is 18.9 Å². The molecule has 19 heteroatoms. The summed E-state index contributed by atoms with van der Waals surface area (Å²) in [6.07, 6.45) is 1.42. The van der Waals surface area contributed by atoms with Gasteiger partial charge in [-0.05, 0) is 134 Å². The summed E-state index contributed by atoms with van der Waals surface area (Å²) >= 11 is 0. The number of fused-ring (bicyclic) bond motifs is 2. The molecule has 15 nitrogen and oxygen atoms in total. The van der Waals surface area contributed by atoms with E-state index in [0.29, 0.717) is 18.7 Å². The zero-order chi connectivity index (χ0) is 54.0. The Kier molecular flexibility index (Phi) is 17.4. The molecule has 0 unspecified atom stereocenters. The van der Waals surface area contributed by atoms with Gasteiger partial charge in [-0.3, -0.25) is 14.4 Å². The fraction of sp³-hybridized carbons (Fsp3) is 0.310. The van der Waals surface area contributed by atoms with Crippen LogP contribution in [0.4, 0.5) is 17.6 Å². The van der Waals surface area contributed by atoms with Crippen LogP contribution < -0.4 is 29.6 Å². The van der Waals surface area contributed by atoms with Crippen molar-refractivity contribution in [3.63, 3.8) is 0 Å². The van der Waals surface area contributed by atoms with Crippen molar-refractivity contribution < 1.29 is 66.3 Å². The summed E-state index contributed by atoms with van der Waals surface area (Å²) in [6.45, 7) is 4.79. The molecule has 4 atom stereocenters. The van der Waals surface area contributed by atoms with Crippen LogP contribution in [0.1, 0.15) is 64.9 Å². The lowest BCUT2D eigenvalue weighted by molar-refractivity contribution is -0.118. The molecule has 0 spiro atoms. The summed E-state index contributed by atoms with van der Waals surface area (Å²) in [5.74, 6) is -3.98. The number of carbonyl (C=O) groups excluding carboxylic acids is 3. The van der Waals surface area contributed by atoms with E-state index in [9.17, 15) is 47.4 Å². The molecule has 6 aromatic rings. The molecule has 5 N–H and O–H groups in total. The molecule has 402 valence electrons. The van der Waals surface area contributed by atoms with E-state index in [1.54, 1.807) is 60.7 Å². The molecule has 2 fully saturated rings. The van der Waals surface area contributed by atoms with Crippen LogP contribution in [0.2, 0.25) is 0 Å². The van der Waals surface area contributed by atoms with E-state index in [2.05, 4.69) is 25.6 Å². The van der Waals surface area contributed by atoms with Crippen molar-refractivity contribution in [2.75, 3.05) is 65.7 Å². The molecule has 6 aromatic carbocycles. The van der Waals surface area contributed by atoms with Crippen LogP contribution in [0.25, 0.3) is 22.3 Å². The molecular weight excluding hydrogens is 1000 g/mol. The Morgan fingerprint density at radius 3 is 1.27 bits per heavy atom. The van der Waals surface area contributed by atoms with Crippen molar-refractivity contribution in [2.45, 2.75) is 50.0 Å². The highest BCUT2D eigenvalue weighted by Gasteiger charge is 2.33. The van der Waals surface area contributed by atoms with Crippen LogP contribution in [0.3, 0.4) is 0 Å². The maximum Gasteiger partial charge on any atom is 0.292 e. The number of ketones is 1. The minimum atomic E-state index is -1.29. The smallest absolute Gasteiger partial charge is 0.292 e. The Labute approximate surface area is 441 Å². The zero-order valence-corrected chi connectivity index (χ0v) is 41.8. The standard InChI is InChI=1S/C29H29F2N3O5.C29H28F2N2O5/c30-22-9-7-19(8-10-22)18-3-5-20(6-4-18)26(33-37)29(36)32-24(17-34-11-1-2-12-34)27(35)21-15-23(31)28-25(16-21)38-13-14-39-28;30-22-9-7-19(8-10-22)18-3-5-20(6-4-18)27(35)29(36)32-24(17-33-11-1-2-12-33)26(34)21-15-23(31)28-25(16-21)37-13-14-38-28/h3-10,15-16,24,27,35,37H,1-2,11-14,17H2,(H,32,36);3-10,15-16,24,26,34H,1-2,11-14,17H2,(H,32,36)/b33-26+;/t24-,27-;24-,26-/m11/s1. The van der Waals surface area contributed by atoms with Crippen molar-refractivity contribution in [3.05, 3.63) is 167 Å². The summed E-state index contributed by atoms with van der Waals surface area (Å²) < 4.78 is 77.5. The Morgan fingerprint density at radius 1 is 0.506 bits per heavy atom. The van der Waals surface area contributed by atoms with Gasteiger partial charge in [0.1, 0.15) is 50.3 Å². The zero-order valence-electron chi connectivity index (χ0n) is 41.8. The first-order chi connectivity index (χ1) is 37.3. The predicted molar refractivity (Wildman–Crippen MR) is 276 cm³/mol. The normalized spacial score (nSPS) is 16.8. The van der Waals surface area contributed by atoms with Gasteiger partial charge in [0.25, 0.3) is 11.8 Å². The molecule has 4 heterocycles. The van der Waals surface area contributed by atoms with Crippen LogP contribution in [0.15, 0.2) is 126 Å². The third kappa shape index (κ3) is 13.2. The maximum absolute atomic E-state index is 14.7. The average Bonchev–Trinajstić information content (AvgIpc) is 4.19. The first kappa shape index (κ1) is 54.0. The summed E-state index contributed by atoms with van der Waals surface area (Å²) in [7, 11) is 0. The van der Waals surface area contributed by atoms with Gasteiger partial charge in [0.2, 0.25) is 5.78 Å². The summed E-state index contributed by atoms with van der Waals surface area (Å²) in [6, 6.07) is 28.7. The summed E-state index contributed by atoms with van der Waals surface area (Å²) in [5.41, 5.74) is 3.84. The van der Waals surface area contributed by atoms with Gasteiger partial charge < -0.3 is 54.8 Å². The lowest BCUT2D eigenvalue weighted by atomic mass is 9.99. The average molecular weight is 1060 g/mol. The molecule has 2 amide bonds. The van der Waals surface area contributed by atoms with Gasteiger partial charge in [-0.2, -0.15) is 0 Å². The fourth-order valence-electron chi connectivity index (χ4n) is 9.76. The van der Waals surface area contributed by atoms with Gasteiger partial charge in [0.15, 0.2) is 40.3 Å². The van der Waals surface area contributed by atoms with Gasteiger partial charge in [-0.25, -0.2) is 17.6 Å². The number of aliphatic hydroxyl groups is 2. The first-order valence-electron chi connectivity index (χ1n) is 25.4. The number of Topliss-reactive ketones (excluding diaryl/α,β-unsaturated/α-hetero) is 1. The molecule has 0 bridgehead atoms. The highest BCUT2D eigenvalue weighted by Crippen LogP contribution is 2.38. The number of halogens is 4. The van der Waals surface area contributed by atoms with Crippen LogP contribution >= 0.6 is 0 Å². The largest absolute Gasteiger partial charge is 0.486 e. The quantitative estimate of drug-likeness (QED) is 0.0158. The number of likely N-dealkylation sites (tertiary alicyclic amines) is 2. The van der Waals surface area contributed by atoms with Crippen molar-refractivity contribution in [1.82, 2.24) is 20.4 Å². The van der Waals surface area contributed by atoms with E-state index in [-0.39, 0.29) is 83.5 Å². The monoisotopic (exact) mass is 1060 g/mol. The minimum Gasteiger partial charge on any atom is -0.486 e. The highest BCUT2D eigenvalue weighted by molar-refractivity contribution is 6.45. The fourth-order valence-corrected chi connectivity index (χ4v) is 9.76. The van der Waals surface area contributed by atoms with Crippen LogP contribution in [0, 0.1) is 23.3 Å². The number of benzene rings is 6. The second-order valence-corrected chi connectivity index (χ2v) is 19.1. The van der Waals surface area contributed by atoms with E-state index < -0.39 is 53.5 Å². The number of nitrogens with one attached hydrogen (secondary N) is 2. The molecule has 4 aliphatic rings. The second-order valence-electron chi connectivity index (χ2n) is 19.1. The van der Waals surface area contributed by atoms with Crippen molar-refractivity contribution >= 4 is 23.3 Å². The lowest BCUT2D eigenvalue weighted by Gasteiger charge is -2.29. The van der Waals surface area contributed by atoms with Gasteiger partial charge in [0.05, 0.1) is 12.1 Å². The van der Waals surface area contributed by atoms with E-state index in [0.717, 1.165) is 80.2 Å². The minimum absolute atomic E-state index is 0.00360. The number of hydrogen-bond donors (Lipinski definition) is 5. The molecule has 77 heavy (non-hydrogen) atoms. The highest BCUT2D eigenvalue weighted by atomic mass is 19.1. The number of hydrogen-bond acceptors (Lipinski definition) is 13. The topological polar surface area (TPSA) is 192 Å². The molecule has 0 aromatic heterocycles. The Morgan fingerprint density at radius 2 is 0.870 bits per heavy atom. The van der Waals surface area contributed by atoms with E-state index in [1.165, 1.54) is 54.6 Å². The molecule has 0 radical (unpaired) electrons. The predicted octanol–water partition coefficient (Wildman–Crippen LogP) is 7.80. The number of aliphatic hydroxyl groups excluding tert-OH is 2. The number of oxime groups is 1. The van der Waals surface area contributed by atoms with Crippen LogP contribution in [-0.4, -0.2) is 126 Å². The number of rotatable bonds is 16. The lowest BCUT2D eigenvalue weighted by Crippen LogP contribution is -2.49. The van der Waals surface area contributed by atoms with Crippen LogP contribution in [-0.2, 0) is 9.59 Å². The Bertz CT molecular complexity index is 3060. The molecule has 2 saturated heterocycles. The van der Waals surface area contributed by atoms with Gasteiger partial charge in [-0.1, -0.05) is 78.0 Å². The number of nitrogens with zero attached hydrogens (tertiary/aromatic N) is 3. The van der Waals surface area contributed by atoms with E-state index in [1.807, 2.05) is 0 Å². The number of amides is 2. The molecule has 0 aliphatic carbocycles. The maximum atomic E-state index is 14.7. The second kappa shape index (κ2) is 24.9. The summed E-state index contributed by atoms with van der Waals surface area (Å²) in [5, 5.41) is 40.9. The van der Waals surface area contributed by atoms with Crippen LogP contribution in [0.5, 0.6) is 23.0 Å². The SMILES string of the molecule is O=C(N[C@H](CN1CCCC1)[C@H](O)c1cc(F)c2c(c1)OCCO2)/C(=N/O)c1ccc(-c2ccc(F)cc2)cc1.O=C(N[C@H](CN1CCCC1)[C@H](O)c1cc(F)c2c(c1)OCCO2)C(=O)c1ccc(-c2ccc(F)cc2)cc1. The van der Waals surface area contributed by atoms with E-state index >= 15 is 0 Å². The Balaban J connectivity index is 0.000000188. The number of ether oxygens (including phenoxy) is 4. The molecular formula is C58H57F4N5O10. The van der Waals surface area contributed by atoms with Crippen molar-refractivity contribution in [3.8, 4) is 45.3 Å². The molecule has 0 saturated carbocycles. The number of carbonyl (C=O) groups is 3. The molecule has 10 rings (SSSR count). The summed E-state index contributed by atoms with van der Waals surface area (Å²) in [4.78, 5) is 43.5. The first-order valence-corrected chi connectivity index (χ1v) is 25.4. The van der Waals surface area contributed by atoms with Gasteiger partial charge in [0, 0.05) is 24.2 Å². The third-order valence-corrected chi connectivity index (χ3v) is 13.8.